The summed E-state index contributed by atoms with van der Waals surface area (Å²) in [6.07, 6.45) is 0. The van der Waals surface area contributed by atoms with Gasteiger partial charge in [0.2, 0.25) is 10.0 Å². The van der Waals surface area contributed by atoms with Crippen LogP contribution in [0.3, 0.4) is 0 Å². The fourth-order valence-corrected chi connectivity index (χ4v) is 4.42. The van der Waals surface area contributed by atoms with Gasteiger partial charge in [-0.05, 0) is 44.2 Å². The number of rotatable bonds is 7. The van der Waals surface area contributed by atoms with Gasteiger partial charge >= 0.3 is 5.97 Å². The van der Waals surface area contributed by atoms with E-state index in [-0.39, 0.29) is 42.3 Å². The minimum atomic E-state index is -3.91. The van der Waals surface area contributed by atoms with Crippen LogP contribution in [0.4, 0.5) is 4.39 Å². The van der Waals surface area contributed by atoms with Gasteiger partial charge in [0.1, 0.15) is 28.8 Å². The molecule has 162 valence electrons. The monoisotopic (exact) mass is 439 g/mol. The van der Waals surface area contributed by atoms with Gasteiger partial charge in [-0.25, -0.2) is 22.3 Å². The lowest BCUT2D eigenvalue weighted by Gasteiger charge is -2.20. The van der Waals surface area contributed by atoms with Crippen LogP contribution in [0.5, 0.6) is 11.5 Å². The van der Waals surface area contributed by atoms with Crippen molar-refractivity contribution in [3.05, 3.63) is 52.8 Å². The van der Waals surface area contributed by atoms with Crippen molar-refractivity contribution in [2.45, 2.75) is 38.0 Å². The van der Waals surface area contributed by atoms with Gasteiger partial charge in [-0.3, -0.25) is 0 Å². The van der Waals surface area contributed by atoms with Crippen molar-refractivity contribution in [1.29, 1.82) is 0 Å². The van der Waals surface area contributed by atoms with E-state index < -0.39 is 21.8 Å². The Kier molecular flexibility index (Phi) is 6.59. The van der Waals surface area contributed by atoms with E-state index >= 15 is 0 Å². The largest absolute Gasteiger partial charge is 0.495 e. The molecule has 0 saturated carbocycles. The molecule has 8 nitrogen and oxygen atoms in total. The lowest BCUT2D eigenvalue weighted by Crippen LogP contribution is -2.30. The molecular formula is C20H22FNO7S. The molecule has 0 amide bonds. The van der Waals surface area contributed by atoms with Crippen molar-refractivity contribution < 1.29 is 36.6 Å². The number of hydrogen-bond acceptors (Lipinski definition) is 7. The molecule has 0 fully saturated rings. The van der Waals surface area contributed by atoms with Gasteiger partial charge in [0.25, 0.3) is 0 Å². The van der Waals surface area contributed by atoms with E-state index in [0.717, 1.165) is 0 Å². The Morgan fingerprint density at radius 3 is 2.73 bits per heavy atom. The summed E-state index contributed by atoms with van der Waals surface area (Å²) in [4.78, 5) is 12.4. The second kappa shape index (κ2) is 8.99. The normalized spacial score (nSPS) is 13.5. The molecule has 0 aromatic heterocycles. The summed E-state index contributed by atoms with van der Waals surface area (Å²) < 4.78 is 62.3. The zero-order chi connectivity index (χ0) is 21.9. The number of hydrogen-bond donors (Lipinski definition) is 1. The number of fused-ring (bicyclic) bond motifs is 1. The van der Waals surface area contributed by atoms with E-state index in [2.05, 4.69) is 4.72 Å². The molecule has 1 aliphatic heterocycles. The van der Waals surface area contributed by atoms with Gasteiger partial charge in [-0.1, -0.05) is 0 Å². The zero-order valence-electron chi connectivity index (χ0n) is 16.7. The number of benzene rings is 2. The number of sulfonamides is 1. The molecule has 0 radical (unpaired) electrons. The van der Waals surface area contributed by atoms with Gasteiger partial charge < -0.3 is 18.9 Å². The maximum Gasteiger partial charge on any atom is 0.338 e. The van der Waals surface area contributed by atoms with E-state index in [1.165, 1.54) is 37.4 Å². The number of ether oxygens (including phenoxy) is 4. The Morgan fingerprint density at radius 2 is 2.03 bits per heavy atom. The quantitative estimate of drug-likeness (QED) is 0.662. The van der Waals surface area contributed by atoms with Crippen LogP contribution in [-0.2, 0) is 32.7 Å². The molecular weight excluding hydrogens is 417 g/mol. The molecule has 0 atom stereocenters. The molecule has 3 rings (SSSR count). The third-order valence-corrected chi connectivity index (χ3v) is 5.87. The maximum absolute atomic E-state index is 13.8. The average molecular weight is 439 g/mol. The highest BCUT2D eigenvalue weighted by molar-refractivity contribution is 7.89. The summed E-state index contributed by atoms with van der Waals surface area (Å²) in [6.45, 7) is 3.31. The van der Waals surface area contributed by atoms with Gasteiger partial charge in [-0.15, -0.1) is 0 Å². The van der Waals surface area contributed by atoms with E-state index in [4.69, 9.17) is 18.9 Å². The maximum atomic E-state index is 13.8. The number of esters is 1. The van der Waals surface area contributed by atoms with Crippen molar-refractivity contribution >= 4 is 16.0 Å². The Bertz CT molecular complexity index is 1050. The molecule has 0 aliphatic carbocycles. The molecule has 0 unspecified atom stereocenters. The van der Waals surface area contributed by atoms with Crippen LogP contribution < -0.4 is 14.2 Å². The highest BCUT2D eigenvalue weighted by Crippen LogP contribution is 2.30. The van der Waals surface area contributed by atoms with Gasteiger partial charge in [0.15, 0.2) is 6.79 Å². The van der Waals surface area contributed by atoms with E-state index in [9.17, 15) is 17.6 Å². The average Bonchev–Trinajstić information content (AvgIpc) is 2.70. The predicted octanol–water partition coefficient (Wildman–Crippen LogP) is 2.74. The second-order valence-corrected chi connectivity index (χ2v) is 8.56. The molecule has 10 heteroatoms. The van der Waals surface area contributed by atoms with Crippen LogP contribution in [0.15, 0.2) is 35.2 Å². The number of nitrogens with one attached hydrogen (secondary N) is 1. The van der Waals surface area contributed by atoms with Crippen LogP contribution in [0.2, 0.25) is 0 Å². The van der Waals surface area contributed by atoms with Crippen molar-refractivity contribution in [2.24, 2.45) is 0 Å². The second-order valence-electron chi connectivity index (χ2n) is 6.88. The van der Waals surface area contributed by atoms with Gasteiger partial charge in [0, 0.05) is 17.2 Å². The summed E-state index contributed by atoms with van der Waals surface area (Å²) >= 11 is 0. The summed E-state index contributed by atoms with van der Waals surface area (Å²) in [6, 6.07) is 6.10. The Balaban J connectivity index is 1.83. The third kappa shape index (κ3) is 4.89. The molecule has 0 saturated heterocycles. The molecule has 2 aromatic rings. The van der Waals surface area contributed by atoms with Crippen LogP contribution in [0.25, 0.3) is 0 Å². The van der Waals surface area contributed by atoms with Crippen molar-refractivity contribution in [2.75, 3.05) is 13.9 Å². The first-order chi connectivity index (χ1) is 14.2. The molecule has 2 aromatic carbocycles. The Hall–Kier alpha value is -2.69. The van der Waals surface area contributed by atoms with Crippen molar-refractivity contribution in [3.8, 4) is 11.5 Å². The fourth-order valence-electron chi connectivity index (χ4n) is 2.98. The highest BCUT2D eigenvalue weighted by atomic mass is 32.2. The van der Waals surface area contributed by atoms with E-state index in [0.29, 0.717) is 16.9 Å². The first-order valence-corrected chi connectivity index (χ1v) is 10.6. The highest BCUT2D eigenvalue weighted by Gasteiger charge is 2.24. The van der Waals surface area contributed by atoms with Crippen molar-refractivity contribution in [1.82, 2.24) is 4.72 Å². The molecule has 30 heavy (non-hydrogen) atoms. The van der Waals surface area contributed by atoms with Crippen LogP contribution in [-0.4, -0.2) is 34.3 Å². The molecule has 0 spiro atoms. The number of carbonyl (C=O) groups excluding carboxylic acids is 1. The fraction of sp³-hybridized carbons (Fsp3) is 0.350. The van der Waals surface area contributed by atoms with Gasteiger partial charge in [0.05, 0.1) is 19.3 Å². The van der Waals surface area contributed by atoms with Crippen LogP contribution in [0, 0.1) is 5.82 Å². The smallest absolute Gasteiger partial charge is 0.338 e. The summed E-state index contributed by atoms with van der Waals surface area (Å²) in [5.41, 5.74) is 0.879. The van der Waals surface area contributed by atoms with E-state index in [1.807, 2.05) is 0 Å². The Morgan fingerprint density at radius 1 is 1.27 bits per heavy atom. The number of halogens is 1. The lowest BCUT2D eigenvalue weighted by atomic mass is 10.1. The third-order valence-electron chi connectivity index (χ3n) is 4.19. The minimum Gasteiger partial charge on any atom is -0.495 e. The first-order valence-electron chi connectivity index (χ1n) is 9.10. The number of methoxy groups -OCH3 is 1. The lowest BCUT2D eigenvalue weighted by molar-refractivity contribution is -0.0182. The SMILES string of the molecule is COc1ccc(C(=O)OCc2cc(F)cc3c2OCOC3)cc1S(=O)(=O)NC(C)C. The molecule has 1 N–H and O–H groups in total. The van der Waals surface area contributed by atoms with Crippen molar-refractivity contribution in [3.63, 3.8) is 0 Å². The Labute approximate surface area is 173 Å². The van der Waals surface area contributed by atoms with Crippen LogP contribution in [0.1, 0.15) is 35.3 Å². The summed E-state index contributed by atoms with van der Waals surface area (Å²) in [5, 5.41) is 0. The predicted molar refractivity (Wildman–Crippen MR) is 104 cm³/mol. The zero-order valence-corrected chi connectivity index (χ0v) is 17.5. The van der Waals surface area contributed by atoms with E-state index in [1.54, 1.807) is 13.8 Å². The standard InChI is InChI=1S/C20H22FNO7S/c1-12(2)22-30(24,25)18-8-13(4-5-17(18)26-3)20(23)28-10-15-7-16(21)6-14-9-27-11-29-19(14)15/h4-8,12,22H,9-11H2,1-3H3. The molecule has 0 bridgehead atoms. The van der Waals surface area contributed by atoms with Crippen LogP contribution >= 0.6 is 0 Å². The number of carbonyl (C=O) groups is 1. The van der Waals surface area contributed by atoms with Gasteiger partial charge in [-0.2, -0.15) is 0 Å². The molecule has 1 aliphatic rings. The summed E-state index contributed by atoms with van der Waals surface area (Å²) in [5.74, 6) is -0.780. The minimum absolute atomic E-state index is 0.00875. The first kappa shape index (κ1) is 22.0. The molecule has 1 heterocycles. The summed E-state index contributed by atoms with van der Waals surface area (Å²) in [7, 11) is -2.58. The topological polar surface area (TPSA) is 100 Å².